The number of esters is 3. The largest absolute Gasteiger partial charge is 0.472 e. The fourth-order valence-corrected chi connectivity index (χ4v) is 9.17. The van der Waals surface area contributed by atoms with Crippen molar-refractivity contribution < 1.29 is 52.2 Å². The van der Waals surface area contributed by atoms with Gasteiger partial charge in [0.15, 0.2) is 6.10 Å². The van der Waals surface area contributed by atoms with Crippen molar-refractivity contribution in [3.05, 3.63) is 60.8 Å². The molecule has 0 spiro atoms. The molecule has 0 radical (unpaired) electrons. The van der Waals surface area contributed by atoms with E-state index in [1.165, 1.54) is 128 Å². The van der Waals surface area contributed by atoms with E-state index in [1.807, 2.05) is 0 Å². The summed E-state index contributed by atoms with van der Waals surface area (Å²) in [6, 6.07) is 0. The maximum absolute atomic E-state index is 12.9. The summed E-state index contributed by atoms with van der Waals surface area (Å²) in [6.45, 7) is 4.51. The number of hydrogen-bond donors (Lipinski definition) is 2. The lowest BCUT2D eigenvalue weighted by Gasteiger charge is -2.21. The Balaban J connectivity index is 4.61. The predicted octanol–water partition coefficient (Wildman–Crippen LogP) is 17.9. The van der Waals surface area contributed by atoms with Crippen molar-refractivity contribution in [3.8, 4) is 0 Å². The standard InChI is InChI=1S/C62H111O11P/c1-4-7-10-13-16-19-21-23-25-27-29-31-33-35-37-40-43-46-49-52-61(65)72-58(54-63)56-70-74(67,68)71-57-59(55-69-60(64)51-48-45-42-39-18-15-12-9-6-3)73-62(66)53-50-47-44-41-38-36-34-32-30-28-26-24-22-20-17-14-11-8-5-2/h8,11,17,20,24,26,30,32,36,38,58-59,63H,4-7,9-10,12-16,18-19,21-23,25,27-29,31,33-35,37,39-57H2,1-3H3,(H,67,68)/b11-8-,20-17-,26-24-,32-30-,38-36-. The van der Waals surface area contributed by atoms with Crippen molar-refractivity contribution in [1.82, 2.24) is 0 Å². The lowest BCUT2D eigenvalue weighted by atomic mass is 10.0. The topological polar surface area (TPSA) is 155 Å². The Morgan fingerprint density at radius 2 is 0.703 bits per heavy atom. The molecule has 0 aromatic rings. The van der Waals surface area contributed by atoms with Crippen LogP contribution in [-0.2, 0) is 42.2 Å². The van der Waals surface area contributed by atoms with Gasteiger partial charge in [-0.25, -0.2) is 4.57 Å². The second-order valence-corrected chi connectivity index (χ2v) is 21.6. The molecule has 3 unspecified atom stereocenters. The van der Waals surface area contributed by atoms with Gasteiger partial charge in [-0.05, 0) is 64.2 Å². The van der Waals surface area contributed by atoms with Crippen molar-refractivity contribution >= 4 is 25.7 Å². The Morgan fingerprint density at radius 1 is 0.392 bits per heavy atom. The molecule has 0 saturated heterocycles. The van der Waals surface area contributed by atoms with Gasteiger partial charge in [-0.3, -0.25) is 23.4 Å². The van der Waals surface area contributed by atoms with E-state index in [0.29, 0.717) is 19.3 Å². The van der Waals surface area contributed by atoms with Gasteiger partial charge >= 0.3 is 25.7 Å². The zero-order chi connectivity index (χ0) is 54.1. The van der Waals surface area contributed by atoms with Gasteiger partial charge in [-0.2, -0.15) is 0 Å². The molecule has 0 aromatic heterocycles. The Kier molecular flexibility index (Phi) is 54.2. The van der Waals surface area contributed by atoms with Crippen LogP contribution >= 0.6 is 7.82 Å². The van der Waals surface area contributed by atoms with E-state index in [9.17, 15) is 28.9 Å². The first-order valence-electron chi connectivity index (χ1n) is 30.2. The number of phosphoric ester groups is 1. The number of ether oxygens (including phenoxy) is 3. The third kappa shape index (κ3) is 54.0. The van der Waals surface area contributed by atoms with Crippen molar-refractivity contribution in [1.29, 1.82) is 0 Å². The highest BCUT2D eigenvalue weighted by Crippen LogP contribution is 2.43. The first-order chi connectivity index (χ1) is 36.2. The molecule has 430 valence electrons. The number of carbonyl (C=O) groups is 3. The summed E-state index contributed by atoms with van der Waals surface area (Å²) in [7, 11) is -4.75. The van der Waals surface area contributed by atoms with Gasteiger partial charge in [0, 0.05) is 19.3 Å². The van der Waals surface area contributed by atoms with E-state index in [-0.39, 0.29) is 25.9 Å². The number of rotatable bonds is 56. The van der Waals surface area contributed by atoms with Gasteiger partial charge in [-0.1, -0.05) is 255 Å². The van der Waals surface area contributed by atoms with Gasteiger partial charge in [0.2, 0.25) is 0 Å². The van der Waals surface area contributed by atoms with E-state index < -0.39 is 57.8 Å². The zero-order valence-electron chi connectivity index (χ0n) is 47.6. The lowest BCUT2D eigenvalue weighted by Crippen LogP contribution is -2.30. The average molecular weight is 1060 g/mol. The molecule has 11 nitrogen and oxygen atoms in total. The molecule has 0 aliphatic rings. The minimum Gasteiger partial charge on any atom is -0.462 e. The molecule has 0 aliphatic carbocycles. The quantitative estimate of drug-likeness (QED) is 0.0197. The van der Waals surface area contributed by atoms with Crippen LogP contribution < -0.4 is 0 Å². The van der Waals surface area contributed by atoms with Gasteiger partial charge < -0.3 is 24.2 Å². The summed E-state index contributed by atoms with van der Waals surface area (Å²) in [5, 5.41) is 9.83. The molecular weight excluding hydrogens is 952 g/mol. The van der Waals surface area contributed by atoms with Gasteiger partial charge in [0.25, 0.3) is 0 Å². The lowest BCUT2D eigenvalue weighted by molar-refractivity contribution is -0.161. The number of unbranched alkanes of at least 4 members (excludes halogenated alkanes) is 29. The first kappa shape index (κ1) is 71.2. The Morgan fingerprint density at radius 3 is 1.08 bits per heavy atom. The number of aliphatic hydroxyl groups is 1. The number of hydrogen-bond acceptors (Lipinski definition) is 10. The summed E-state index contributed by atoms with van der Waals surface area (Å²) < 4.78 is 39.5. The highest BCUT2D eigenvalue weighted by Gasteiger charge is 2.28. The summed E-state index contributed by atoms with van der Waals surface area (Å²) in [4.78, 5) is 48.5. The fraction of sp³-hybridized carbons (Fsp3) is 0.790. The van der Waals surface area contributed by atoms with Crippen molar-refractivity contribution in [3.63, 3.8) is 0 Å². The molecule has 0 rings (SSSR count). The molecule has 0 amide bonds. The highest BCUT2D eigenvalue weighted by molar-refractivity contribution is 7.47. The second-order valence-electron chi connectivity index (χ2n) is 20.1. The summed E-state index contributed by atoms with van der Waals surface area (Å²) in [5.74, 6) is -1.49. The van der Waals surface area contributed by atoms with Gasteiger partial charge in [0.1, 0.15) is 12.7 Å². The molecule has 74 heavy (non-hydrogen) atoms. The van der Waals surface area contributed by atoms with Crippen molar-refractivity contribution in [2.45, 2.75) is 290 Å². The molecule has 0 heterocycles. The van der Waals surface area contributed by atoms with Crippen LogP contribution in [0.3, 0.4) is 0 Å². The van der Waals surface area contributed by atoms with Crippen LogP contribution in [0.5, 0.6) is 0 Å². The Hall–Kier alpha value is -2.82. The highest BCUT2D eigenvalue weighted by atomic mass is 31.2. The van der Waals surface area contributed by atoms with Crippen LogP contribution in [0.15, 0.2) is 60.8 Å². The smallest absolute Gasteiger partial charge is 0.462 e. The molecule has 12 heteroatoms. The zero-order valence-corrected chi connectivity index (χ0v) is 48.5. The van der Waals surface area contributed by atoms with Crippen LogP contribution in [0.25, 0.3) is 0 Å². The van der Waals surface area contributed by atoms with Crippen molar-refractivity contribution in [2.75, 3.05) is 26.4 Å². The molecule has 0 bridgehead atoms. The first-order valence-corrected chi connectivity index (χ1v) is 31.7. The SMILES string of the molecule is CC/C=C\C/C=C\C/C=C\C/C=C\C/C=C\CCCCCC(=O)OC(COC(=O)CCCCCCCCCCC)COP(=O)(O)OCC(CO)OC(=O)CCCCCCCCCCCCCCCCCCCCC. The maximum Gasteiger partial charge on any atom is 0.472 e. The molecule has 3 atom stereocenters. The van der Waals surface area contributed by atoms with E-state index in [1.54, 1.807) is 0 Å². The molecule has 0 saturated carbocycles. The third-order valence-corrected chi connectivity index (χ3v) is 13.9. The van der Waals surface area contributed by atoms with Crippen LogP contribution in [0, 0.1) is 0 Å². The number of allylic oxidation sites excluding steroid dienone is 10. The van der Waals surface area contributed by atoms with E-state index >= 15 is 0 Å². The number of phosphoric acid groups is 1. The number of aliphatic hydroxyl groups excluding tert-OH is 1. The maximum atomic E-state index is 12.9. The van der Waals surface area contributed by atoms with Crippen LogP contribution in [0.1, 0.15) is 278 Å². The molecule has 2 N–H and O–H groups in total. The number of carbonyl (C=O) groups excluding carboxylic acids is 3. The molecular formula is C62H111O11P. The normalized spacial score (nSPS) is 13.7. The van der Waals surface area contributed by atoms with E-state index in [0.717, 1.165) is 89.9 Å². The molecule has 0 aromatic carbocycles. The fourth-order valence-electron chi connectivity index (χ4n) is 8.38. The van der Waals surface area contributed by atoms with Crippen LogP contribution in [0.2, 0.25) is 0 Å². The van der Waals surface area contributed by atoms with E-state index in [2.05, 4.69) is 81.5 Å². The molecule has 0 fully saturated rings. The molecule has 0 aliphatic heterocycles. The Bertz CT molecular complexity index is 1470. The Labute approximate surface area is 453 Å². The average Bonchev–Trinajstić information content (AvgIpc) is 3.39. The summed E-state index contributed by atoms with van der Waals surface area (Å²) in [5.41, 5.74) is 0. The monoisotopic (exact) mass is 1060 g/mol. The minimum atomic E-state index is -4.75. The van der Waals surface area contributed by atoms with E-state index in [4.69, 9.17) is 23.3 Å². The predicted molar refractivity (Wildman–Crippen MR) is 307 cm³/mol. The summed E-state index contributed by atoms with van der Waals surface area (Å²) >= 11 is 0. The van der Waals surface area contributed by atoms with Gasteiger partial charge in [-0.15, -0.1) is 0 Å². The van der Waals surface area contributed by atoms with Crippen molar-refractivity contribution in [2.24, 2.45) is 0 Å². The second kappa shape index (κ2) is 56.4. The minimum absolute atomic E-state index is 0.130. The third-order valence-electron chi connectivity index (χ3n) is 13.0. The van der Waals surface area contributed by atoms with Crippen LogP contribution in [0.4, 0.5) is 0 Å². The van der Waals surface area contributed by atoms with Crippen LogP contribution in [-0.4, -0.2) is 66.5 Å². The van der Waals surface area contributed by atoms with Gasteiger partial charge in [0.05, 0.1) is 19.8 Å². The summed E-state index contributed by atoms with van der Waals surface area (Å²) in [6.07, 6.45) is 61.9.